The molecule has 1 amide bonds. The normalized spacial score (nSPS) is 10.4. The second-order valence-electron chi connectivity index (χ2n) is 5.67. The predicted octanol–water partition coefficient (Wildman–Crippen LogP) is 2.43. The highest BCUT2D eigenvalue weighted by molar-refractivity contribution is 5.94. The third-order valence-corrected chi connectivity index (χ3v) is 3.95. The van der Waals surface area contributed by atoms with Crippen LogP contribution in [0.25, 0.3) is 11.3 Å². The van der Waals surface area contributed by atoms with E-state index in [1.807, 2.05) is 25.4 Å². The molecule has 3 aromatic rings. The Morgan fingerprint density at radius 2 is 2.00 bits per heavy atom. The molecule has 0 aliphatic rings. The third-order valence-electron chi connectivity index (χ3n) is 3.95. The zero-order valence-corrected chi connectivity index (χ0v) is 14.9. The Hall–Kier alpha value is -3.35. The van der Waals surface area contributed by atoms with Crippen molar-refractivity contribution >= 4 is 5.91 Å². The number of pyridine rings is 1. The minimum absolute atomic E-state index is 0.202. The van der Waals surface area contributed by atoms with Crippen molar-refractivity contribution < 1.29 is 14.3 Å². The Kier molecular flexibility index (Phi) is 5.17. The van der Waals surface area contributed by atoms with E-state index in [4.69, 9.17) is 9.47 Å². The van der Waals surface area contributed by atoms with E-state index in [1.54, 1.807) is 42.4 Å². The van der Waals surface area contributed by atoms with Crippen molar-refractivity contribution in [1.82, 2.24) is 20.1 Å². The number of nitrogens with zero attached hydrogens (tertiary/aromatic N) is 3. The number of nitrogens with one attached hydrogen (secondary N) is 1. The van der Waals surface area contributed by atoms with Gasteiger partial charge in [0.2, 0.25) is 0 Å². The molecular formula is C19H20N4O3. The molecule has 2 heterocycles. The number of carbonyl (C=O) groups is 1. The van der Waals surface area contributed by atoms with E-state index >= 15 is 0 Å². The zero-order valence-electron chi connectivity index (χ0n) is 14.9. The van der Waals surface area contributed by atoms with Crippen LogP contribution < -0.4 is 14.8 Å². The summed E-state index contributed by atoms with van der Waals surface area (Å²) in [5.74, 6) is 0.889. The second-order valence-corrected chi connectivity index (χ2v) is 5.67. The van der Waals surface area contributed by atoms with Gasteiger partial charge < -0.3 is 14.8 Å². The number of methoxy groups -OCH3 is 2. The van der Waals surface area contributed by atoms with E-state index in [0.29, 0.717) is 23.6 Å². The minimum atomic E-state index is -0.202. The van der Waals surface area contributed by atoms with Gasteiger partial charge >= 0.3 is 0 Å². The van der Waals surface area contributed by atoms with Crippen LogP contribution in [0.4, 0.5) is 0 Å². The van der Waals surface area contributed by atoms with Crippen molar-refractivity contribution in [2.75, 3.05) is 14.2 Å². The summed E-state index contributed by atoms with van der Waals surface area (Å²) in [6.45, 7) is 0.352. The standard InChI is InChI=1S/C19H20N4O3/c1-23-12-15(11-22-23)18-14(5-4-8-20-18)10-21-19(24)13-6-7-16(25-2)17(9-13)26-3/h4-9,11-12H,10H2,1-3H3,(H,21,24). The molecule has 0 aliphatic heterocycles. The van der Waals surface area contributed by atoms with Gasteiger partial charge in [-0.15, -0.1) is 0 Å². The first kappa shape index (κ1) is 17.5. The summed E-state index contributed by atoms with van der Waals surface area (Å²) in [5.41, 5.74) is 3.11. The smallest absolute Gasteiger partial charge is 0.251 e. The summed E-state index contributed by atoms with van der Waals surface area (Å²) in [6.07, 6.45) is 5.37. The van der Waals surface area contributed by atoms with Gasteiger partial charge in [-0.25, -0.2) is 0 Å². The Morgan fingerprint density at radius 3 is 2.69 bits per heavy atom. The van der Waals surface area contributed by atoms with Crippen molar-refractivity contribution in [2.45, 2.75) is 6.54 Å². The van der Waals surface area contributed by atoms with Crippen LogP contribution in [0.1, 0.15) is 15.9 Å². The minimum Gasteiger partial charge on any atom is -0.493 e. The Balaban J connectivity index is 1.76. The van der Waals surface area contributed by atoms with Crippen molar-refractivity contribution in [3.05, 3.63) is 60.0 Å². The number of ether oxygens (including phenoxy) is 2. The second kappa shape index (κ2) is 7.69. The van der Waals surface area contributed by atoms with Crippen LogP contribution >= 0.6 is 0 Å². The molecule has 0 fully saturated rings. The highest BCUT2D eigenvalue weighted by atomic mass is 16.5. The Labute approximate surface area is 151 Å². The van der Waals surface area contributed by atoms with Crippen molar-refractivity contribution in [3.8, 4) is 22.8 Å². The lowest BCUT2D eigenvalue weighted by molar-refractivity contribution is 0.0950. The van der Waals surface area contributed by atoms with Gasteiger partial charge in [0.05, 0.1) is 26.1 Å². The molecule has 0 radical (unpaired) electrons. The molecule has 0 aliphatic carbocycles. The molecule has 1 N–H and O–H groups in total. The molecule has 7 heteroatoms. The van der Waals surface area contributed by atoms with Crippen LogP contribution in [0.3, 0.4) is 0 Å². The summed E-state index contributed by atoms with van der Waals surface area (Å²) in [4.78, 5) is 16.9. The van der Waals surface area contributed by atoms with Crippen LogP contribution in [-0.2, 0) is 13.6 Å². The summed E-state index contributed by atoms with van der Waals surface area (Å²) < 4.78 is 12.2. The monoisotopic (exact) mass is 352 g/mol. The number of aryl methyl sites for hydroxylation is 1. The Morgan fingerprint density at radius 1 is 1.19 bits per heavy atom. The van der Waals surface area contributed by atoms with Gasteiger partial charge in [0, 0.05) is 37.1 Å². The van der Waals surface area contributed by atoms with Gasteiger partial charge in [0.1, 0.15) is 0 Å². The molecule has 2 aromatic heterocycles. The fourth-order valence-electron chi connectivity index (χ4n) is 2.64. The van der Waals surface area contributed by atoms with Gasteiger partial charge in [0.15, 0.2) is 11.5 Å². The average Bonchev–Trinajstić information content (AvgIpc) is 3.11. The van der Waals surface area contributed by atoms with E-state index in [9.17, 15) is 4.79 Å². The zero-order chi connectivity index (χ0) is 18.5. The molecule has 7 nitrogen and oxygen atoms in total. The molecule has 0 spiro atoms. The third kappa shape index (κ3) is 3.66. The molecule has 26 heavy (non-hydrogen) atoms. The van der Waals surface area contributed by atoms with Crippen LogP contribution in [0, 0.1) is 0 Å². The molecular weight excluding hydrogens is 332 g/mol. The van der Waals surface area contributed by atoms with Crippen LogP contribution in [0.15, 0.2) is 48.9 Å². The first-order valence-electron chi connectivity index (χ1n) is 8.05. The van der Waals surface area contributed by atoms with Gasteiger partial charge in [-0.1, -0.05) is 6.07 Å². The number of rotatable bonds is 6. The maximum absolute atomic E-state index is 12.5. The lowest BCUT2D eigenvalue weighted by Crippen LogP contribution is -2.23. The van der Waals surface area contributed by atoms with E-state index in [-0.39, 0.29) is 5.91 Å². The average molecular weight is 352 g/mol. The maximum Gasteiger partial charge on any atom is 0.251 e. The molecule has 0 atom stereocenters. The van der Waals surface area contributed by atoms with E-state index in [1.165, 1.54) is 7.11 Å². The van der Waals surface area contributed by atoms with Crippen LogP contribution in [0.2, 0.25) is 0 Å². The molecule has 0 saturated heterocycles. The summed E-state index contributed by atoms with van der Waals surface area (Å²) in [6, 6.07) is 8.84. The molecule has 0 unspecified atom stereocenters. The van der Waals surface area contributed by atoms with Crippen LogP contribution in [-0.4, -0.2) is 34.9 Å². The highest BCUT2D eigenvalue weighted by Crippen LogP contribution is 2.27. The maximum atomic E-state index is 12.5. The molecule has 134 valence electrons. The van der Waals surface area contributed by atoms with Crippen molar-refractivity contribution in [1.29, 1.82) is 0 Å². The SMILES string of the molecule is COc1ccc(C(=O)NCc2cccnc2-c2cnn(C)c2)cc1OC. The van der Waals surface area contributed by atoms with E-state index in [2.05, 4.69) is 15.4 Å². The van der Waals surface area contributed by atoms with Gasteiger partial charge in [0.25, 0.3) is 5.91 Å². The molecule has 3 rings (SSSR count). The number of aromatic nitrogens is 3. The predicted molar refractivity (Wildman–Crippen MR) is 97.2 cm³/mol. The van der Waals surface area contributed by atoms with E-state index in [0.717, 1.165) is 16.8 Å². The first-order chi connectivity index (χ1) is 12.6. The number of amides is 1. The summed E-state index contributed by atoms with van der Waals surface area (Å²) in [5, 5.41) is 7.09. The van der Waals surface area contributed by atoms with Gasteiger partial charge in [-0.05, 0) is 29.8 Å². The van der Waals surface area contributed by atoms with Crippen LogP contribution in [0.5, 0.6) is 11.5 Å². The summed E-state index contributed by atoms with van der Waals surface area (Å²) in [7, 11) is 4.94. The molecule has 0 bridgehead atoms. The number of hydrogen-bond acceptors (Lipinski definition) is 5. The van der Waals surface area contributed by atoms with Gasteiger partial charge in [-0.3, -0.25) is 14.5 Å². The molecule has 0 saturated carbocycles. The topological polar surface area (TPSA) is 78.3 Å². The summed E-state index contributed by atoms with van der Waals surface area (Å²) >= 11 is 0. The van der Waals surface area contributed by atoms with E-state index < -0.39 is 0 Å². The number of carbonyl (C=O) groups excluding carboxylic acids is 1. The lowest BCUT2D eigenvalue weighted by atomic mass is 10.1. The fraction of sp³-hybridized carbons (Fsp3) is 0.211. The van der Waals surface area contributed by atoms with Crippen molar-refractivity contribution in [3.63, 3.8) is 0 Å². The van der Waals surface area contributed by atoms with Crippen molar-refractivity contribution in [2.24, 2.45) is 7.05 Å². The number of benzene rings is 1. The highest BCUT2D eigenvalue weighted by Gasteiger charge is 2.13. The lowest BCUT2D eigenvalue weighted by Gasteiger charge is -2.11. The molecule has 1 aromatic carbocycles. The largest absolute Gasteiger partial charge is 0.493 e. The van der Waals surface area contributed by atoms with Gasteiger partial charge in [-0.2, -0.15) is 5.10 Å². The quantitative estimate of drug-likeness (QED) is 0.737. The Bertz CT molecular complexity index is 921. The number of hydrogen-bond donors (Lipinski definition) is 1. The first-order valence-corrected chi connectivity index (χ1v) is 8.05. The fourth-order valence-corrected chi connectivity index (χ4v) is 2.64.